The molecule has 5 heteroatoms. The number of nitrogens with one attached hydrogen (secondary N) is 2. The van der Waals surface area contributed by atoms with Gasteiger partial charge in [-0.1, -0.05) is 18.2 Å². The summed E-state index contributed by atoms with van der Waals surface area (Å²) >= 11 is 0. The van der Waals surface area contributed by atoms with E-state index in [0.29, 0.717) is 5.56 Å². The molecular weight excluding hydrogens is 350 g/mol. The molecule has 0 aliphatic carbocycles. The van der Waals surface area contributed by atoms with Gasteiger partial charge in [0.1, 0.15) is 0 Å². The average Bonchev–Trinajstić information content (AvgIpc) is 2.99. The highest BCUT2D eigenvalue weighted by Gasteiger charge is 2.22. The van der Waals surface area contributed by atoms with Crippen LogP contribution in [0.25, 0.3) is 0 Å². The Morgan fingerprint density at radius 2 is 1.75 bits per heavy atom. The van der Waals surface area contributed by atoms with Gasteiger partial charge in [0.05, 0.1) is 5.92 Å². The predicted molar refractivity (Wildman–Crippen MR) is 113 cm³/mol. The normalized spacial score (nSPS) is 15.6. The van der Waals surface area contributed by atoms with Gasteiger partial charge in [0.2, 0.25) is 5.91 Å². The number of aryl methyl sites for hydroxylation is 2. The molecular formula is C23H29N3O2. The van der Waals surface area contributed by atoms with Crippen molar-refractivity contribution >= 4 is 17.5 Å². The Balaban J connectivity index is 1.64. The average molecular weight is 380 g/mol. The lowest BCUT2D eigenvalue weighted by Crippen LogP contribution is -2.36. The molecule has 5 nitrogen and oxygen atoms in total. The summed E-state index contributed by atoms with van der Waals surface area (Å²) in [6, 6.07) is 13.3. The van der Waals surface area contributed by atoms with E-state index in [1.165, 1.54) is 5.56 Å². The SMILES string of the molecule is Cc1ccc(C(=O)Nc2ccc(C(C)C(=O)N3CCCNCC3)cc2)cc1C. The van der Waals surface area contributed by atoms with Crippen LogP contribution in [0.1, 0.15) is 46.3 Å². The number of hydrogen-bond donors (Lipinski definition) is 2. The standard InChI is InChI=1S/C23H29N3O2/c1-16-5-6-20(15-17(16)2)22(27)25-21-9-7-19(8-10-21)18(3)23(28)26-13-4-11-24-12-14-26/h5-10,15,18,24H,4,11-14H2,1-3H3,(H,25,27). The van der Waals surface area contributed by atoms with Crippen LogP contribution in [0.5, 0.6) is 0 Å². The third-order valence-electron chi connectivity index (χ3n) is 5.46. The van der Waals surface area contributed by atoms with Crippen molar-refractivity contribution in [1.29, 1.82) is 0 Å². The first-order valence-electron chi connectivity index (χ1n) is 9.94. The summed E-state index contributed by atoms with van der Waals surface area (Å²) in [5.74, 6) is -0.157. The maximum absolute atomic E-state index is 12.8. The van der Waals surface area contributed by atoms with E-state index in [9.17, 15) is 9.59 Å². The van der Waals surface area contributed by atoms with Crippen LogP contribution in [-0.2, 0) is 4.79 Å². The van der Waals surface area contributed by atoms with Gasteiger partial charge in [-0.3, -0.25) is 9.59 Å². The van der Waals surface area contributed by atoms with E-state index >= 15 is 0 Å². The number of carbonyl (C=O) groups is 2. The van der Waals surface area contributed by atoms with Crippen LogP contribution in [0.2, 0.25) is 0 Å². The quantitative estimate of drug-likeness (QED) is 0.855. The monoisotopic (exact) mass is 379 g/mol. The minimum Gasteiger partial charge on any atom is -0.341 e. The highest BCUT2D eigenvalue weighted by atomic mass is 16.2. The molecule has 148 valence electrons. The summed E-state index contributed by atoms with van der Waals surface area (Å²) in [5, 5.41) is 6.25. The number of nitrogens with zero attached hydrogens (tertiary/aromatic N) is 1. The fourth-order valence-corrected chi connectivity index (χ4v) is 3.42. The predicted octanol–water partition coefficient (Wildman–Crippen LogP) is 3.48. The molecule has 0 aromatic heterocycles. The highest BCUT2D eigenvalue weighted by Crippen LogP contribution is 2.21. The Hall–Kier alpha value is -2.66. The van der Waals surface area contributed by atoms with Gasteiger partial charge < -0.3 is 15.5 Å². The van der Waals surface area contributed by atoms with Gasteiger partial charge in [-0.15, -0.1) is 0 Å². The molecule has 2 N–H and O–H groups in total. The molecule has 0 radical (unpaired) electrons. The lowest BCUT2D eigenvalue weighted by molar-refractivity contribution is -0.132. The molecule has 1 saturated heterocycles. The summed E-state index contributed by atoms with van der Waals surface area (Å²) in [4.78, 5) is 27.2. The zero-order chi connectivity index (χ0) is 20.1. The van der Waals surface area contributed by atoms with E-state index in [1.54, 1.807) is 0 Å². The first-order valence-corrected chi connectivity index (χ1v) is 9.94. The second-order valence-electron chi connectivity index (χ2n) is 7.53. The number of anilines is 1. The van der Waals surface area contributed by atoms with Crippen LogP contribution < -0.4 is 10.6 Å². The molecule has 1 unspecified atom stereocenters. The van der Waals surface area contributed by atoms with E-state index in [-0.39, 0.29) is 17.7 Å². The molecule has 1 aliphatic rings. The zero-order valence-corrected chi connectivity index (χ0v) is 16.9. The summed E-state index contributed by atoms with van der Waals surface area (Å²) in [6.45, 7) is 9.35. The van der Waals surface area contributed by atoms with Crippen LogP contribution in [0, 0.1) is 13.8 Å². The highest BCUT2D eigenvalue weighted by molar-refractivity contribution is 6.04. The summed E-state index contributed by atoms with van der Waals surface area (Å²) in [6.07, 6.45) is 0.988. The van der Waals surface area contributed by atoms with Crippen molar-refractivity contribution in [2.24, 2.45) is 0 Å². The van der Waals surface area contributed by atoms with Crippen molar-refractivity contribution in [2.75, 3.05) is 31.5 Å². The van der Waals surface area contributed by atoms with Crippen molar-refractivity contribution in [3.8, 4) is 0 Å². The van der Waals surface area contributed by atoms with Crippen molar-refractivity contribution in [3.05, 3.63) is 64.7 Å². The molecule has 2 aromatic rings. The van der Waals surface area contributed by atoms with Crippen molar-refractivity contribution in [2.45, 2.75) is 33.1 Å². The van der Waals surface area contributed by atoms with Crippen LogP contribution >= 0.6 is 0 Å². The second-order valence-corrected chi connectivity index (χ2v) is 7.53. The van der Waals surface area contributed by atoms with Gasteiger partial charge in [0, 0.05) is 30.9 Å². The van der Waals surface area contributed by atoms with E-state index in [1.807, 2.05) is 68.1 Å². The van der Waals surface area contributed by atoms with Gasteiger partial charge in [-0.2, -0.15) is 0 Å². The minimum absolute atomic E-state index is 0.128. The first kappa shape index (κ1) is 20.1. The third-order valence-corrected chi connectivity index (χ3v) is 5.46. The van der Waals surface area contributed by atoms with Gasteiger partial charge in [0.25, 0.3) is 5.91 Å². The van der Waals surface area contributed by atoms with Crippen molar-refractivity contribution in [3.63, 3.8) is 0 Å². The number of benzene rings is 2. The number of hydrogen-bond acceptors (Lipinski definition) is 3. The molecule has 0 saturated carbocycles. The zero-order valence-electron chi connectivity index (χ0n) is 16.9. The second kappa shape index (κ2) is 9.02. The van der Waals surface area contributed by atoms with E-state index in [2.05, 4.69) is 10.6 Å². The Morgan fingerprint density at radius 3 is 2.46 bits per heavy atom. The Kier molecular flexibility index (Phi) is 6.47. The minimum atomic E-state index is -0.192. The molecule has 2 aromatic carbocycles. The molecule has 0 spiro atoms. The molecule has 28 heavy (non-hydrogen) atoms. The Bertz CT molecular complexity index is 837. The van der Waals surface area contributed by atoms with Crippen LogP contribution in [0.15, 0.2) is 42.5 Å². The van der Waals surface area contributed by atoms with E-state index in [4.69, 9.17) is 0 Å². The summed E-state index contributed by atoms with van der Waals surface area (Å²) < 4.78 is 0. The third kappa shape index (κ3) is 4.78. The topological polar surface area (TPSA) is 61.4 Å². The maximum Gasteiger partial charge on any atom is 0.255 e. The molecule has 3 rings (SSSR count). The molecule has 0 bridgehead atoms. The van der Waals surface area contributed by atoms with Gasteiger partial charge in [-0.05, 0) is 74.7 Å². The summed E-state index contributed by atoms with van der Waals surface area (Å²) in [7, 11) is 0. The Morgan fingerprint density at radius 1 is 1.00 bits per heavy atom. The molecule has 1 fully saturated rings. The van der Waals surface area contributed by atoms with Crippen LogP contribution in [0.3, 0.4) is 0 Å². The molecule has 1 aliphatic heterocycles. The number of amides is 2. The van der Waals surface area contributed by atoms with E-state index in [0.717, 1.165) is 49.4 Å². The molecule has 2 amide bonds. The van der Waals surface area contributed by atoms with Crippen molar-refractivity contribution < 1.29 is 9.59 Å². The fourth-order valence-electron chi connectivity index (χ4n) is 3.42. The smallest absolute Gasteiger partial charge is 0.255 e. The first-order chi connectivity index (χ1) is 13.5. The molecule has 1 heterocycles. The van der Waals surface area contributed by atoms with E-state index < -0.39 is 0 Å². The lowest BCUT2D eigenvalue weighted by atomic mass is 9.99. The maximum atomic E-state index is 12.8. The van der Waals surface area contributed by atoms with Gasteiger partial charge in [-0.25, -0.2) is 0 Å². The van der Waals surface area contributed by atoms with Crippen LogP contribution in [-0.4, -0.2) is 42.9 Å². The molecule has 1 atom stereocenters. The Labute approximate surface area is 167 Å². The van der Waals surface area contributed by atoms with Gasteiger partial charge in [0.15, 0.2) is 0 Å². The van der Waals surface area contributed by atoms with Gasteiger partial charge >= 0.3 is 0 Å². The van der Waals surface area contributed by atoms with Crippen molar-refractivity contribution in [1.82, 2.24) is 10.2 Å². The fraction of sp³-hybridized carbons (Fsp3) is 0.391. The van der Waals surface area contributed by atoms with Crippen LogP contribution in [0.4, 0.5) is 5.69 Å². The largest absolute Gasteiger partial charge is 0.341 e. The summed E-state index contributed by atoms with van der Waals surface area (Å²) in [5.41, 5.74) is 4.60. The number of rotatable bonds is 4. The lowest BCUT2D eigenvalue weighted by Gasteiger charge is -2.24. The number of carbonyl (C=O) groups excluding carboxylic acids is 2.